The second-order valence-corrected chi connectivity index (χ2v) is 5.55. The van der Waals surface area contributed by atoms with E-state index in [-0.39, 0.29) is 12.0 Å². The first-order valence-electron chi connectivity index (χ1n) is 6.84. The third-order valence-corrected chi connectivity index (χ3v) is 3.61. The van der Waals surface area contributed by atoms with E-state index in [2.05, 4.69) is 22.8 Å². The number of amides is 2. The van der Waals surface area contributed by atoms with E-state index in [0.717, 1.165) is 12.8 Å². The standard InChI is InChI=1S/C15H20N2O3/c1-9(2)13(14(18)19)17-15(20)16-12-7-10-5-3-4-6-11(10)8-12/h3-6,9,12-13H,7-8H2,1-2H3,(H,18,19)(H2,16,17,20)/t13-/m0/s1. The molecular weight excluding hydrogens is 256 g/mol. The molecule has 0 aliphatic heterocycles. The molecule has 2 amide bonds. The van der Waals surface area contributed by atoms with Crippen LogP contribution in [0, 0.1) is 5.92 Å². The Balaban J connectivity index is 1.89. The van der Waals surface area contributed by atoms with Crippen LogP contribution in [0.1, 0.15) is 25.0 Å². The number of carbonyl (C=O) groups excluding carboxylic acids is 1. The smallest absolute Gasteiger partial charge is 0.326 e. The maximum Gasteiger partial charge on any atom is 0.326 e. The number of rotatable bonds is 4. The third-order valence-electron chi connectivity index (χ3n) is 3.61. The molecule has 1 aromatic carbocycles. The van der Waals surface area contributed by atoms with Gasteiger partial charge in [0.25, 0.3) is 0 Å². The molecule has 1 atom stereocenters. The van der Waals surface area contributed by atoms with Gasteiger partial charge in [-0.15, -0.1) is 0 Å². The largest absolute Gasteiger partial charge is 0.480 e. The van der Waals surface area contributed by atoms with E-state index in [9.17, 15) is 9.59 Å². The minimum Gasteiger partial charge on any atom is -0.480 e. The van der Waals surface area contributed by atoms with Crippen molar-refractivity contribution in [1.29, 1.82) is 0 Å². The van der Waals surface area contributed by atoms with E-state index < -0.39 is 18.0 Å². The van der Waals surface area contributed by atoms with E-state index in [1.54, 1.807) is 13.8 Å². The van der Waals surface area contributed by atoms with Crippen molar-refractivity contribution in [2.24, 2.45) is 5.92 Å². The first-order chi connectivity index (χ1) is 9.47. The van der Waals surface area contributed by atoms with Gasteiger partial charge in [0.15, 0.2) is 0 Å². The summed E-state index contributed by atoms with van der Waals surface area (Å²) >= 11 is 0. The van der Waals surface area contributed by atoms with Crippen molar-refractivity contribution in [2.45, 2.75) is 38.8 Å². The SMILES string of the molecule is CC(C)[C@H](NC(=O)NC1Cc2ccccc2C1)C(=O)O. The van der Waals surface area contributed by atoms with E-state index >= 15 is 0 Å². The fraction of sp³-hybridized carbons (Fsp3) is 0.467. The minimum atomic E-state index is -1.01. The number of nitrogens with one attached hydrogen (secondary N) is 2. The summed E-state index contributed by atoms with van der Waals surface area (Å²) in [5.74, 6) is -1.16. The van der Waals surface area contributed by atoms with Crippen molar-refractivity contribution < 1.29 is 14.7 Å². The maximum atomic E-state index is 11.9. The average molecular weight is 276 g/mol. The molecule has 0 fully saturated rings. The number of hydrogen-bond donors (Lipinski definition) is 3. The summed E-state index contributed by atoms with van der Waals surface area (Å²) in [5.41, 5.74) is 2.49. The van der Waals surface area contributed by atoms with Crippen LogP contribution in [-0.4, -0.2) is 29.2 Å². The van der Waals surface area contributed by atoms with E-state index in [0.29, 0.717) is 0 Å². The van der Waals surface area contributed by atoms with Crippen molar-refractivity contribution in [1.82, 2.24) is 10.6 Å². The Hall–Kier alpha value is -2.04. The maximum absolute atomic E-state index is 11.9. The van der Waals surface area contributed by atoms with Gasteiger partial charge in [-0.05, 0) is 29.9 Å². The molecule has 5 heteroatoms. The number of carboxylic acids is 1. The van der Waals surface area contributed by atoms with E-state index in [4.69, 9.17) is 5.11 Å². The molecule has 3 N–H and O–H groups in total. The van der Waals surface area contributed by atoms with Crippen LogP contribution in [-0.2, 0) is 17.6 Å². The molecule has 0 radical (unpaired) electrons. The van der Waals surface area contributed by atoms with Gasteiger partial charge in [-0.3, -0.25) is 0 Å². The van der Waals surface area contributed by atoms with Crippen molar-refractivity contribution in [3.05, 3.63) is 35.4 Å². The molecule has 0 spiro atoms. The molecule has 1 aromatic rings. The Morgan fingerprint density at radius 3 is 2.20 bits per heavy atom. The minimum absolute atomic E-state index is 0.0361. The lowest BCUT2D eigenvalue weighted by Crippen LogP contribution is -2.51. The van der Waals surface area contributed by atoms with Gasteiger partial charge in [0.05, 0.1) is 0 Å². The molecule has 5 nitrogen and oxygen atoms in total. The number of urea groups is 1. The van der Waals surface area contributed by atoms with Crippen molar-refractivity contribution in [2.75, 3.05) is 0 Å². The van der Waals surface area contributed by atoms with Gasteiger partial charge in [0.2, 0.25) is 0 Å². The second kappa shape index (κ2) is 5.94. The average Bonchev–Trinajstić information content (AvgIpc) is 2.77. The highest BCUT2D eigenvalue weighted by Gasteiger charge is 2.26. The first kappa shape index (κ1) is 14.4. The molecule has 1 aliphatic carbocycles. The predicted octanol–water partition coefficient (Wildman–Crippen LogP) is 1.56. The highest BCUT2D eigenvalue weighted by atomic mass is 16.4. The van der Waals surface area contributed by atoms with Crippen LogP contribution >= 0.6 is 0 Å². The van der Waals surface area contributed by atoms with E-state index in [1.165, 1.54) is 11.1 Å². The summed E-state index contributed by atoms with van der Waals surface area (Å²) in [6.07, 6.45) is 1.59. The third kappa shape index (κ3) is 3.29. The lowest BCUT2D eigenvalue weighted by atomic mass is 10.1. The van der Waals surface area contributed by atoms with Crippen LogP contribution in [0.3, 0.4) is 0 Å². The summed E-state index contributed by atoms with van der Waals surface area (Å²) < 4.78 is 0. The molecule has 0 unspecified atom stereocenters. The van der Waals surface area contributed by atoms with Gasteiger partial charge in [-0.25, -0.2) is 9.59 Å². The van der Waals surface area contributed by atoms with Gasteiger partial charge < -0.3 is 15.7 Å². The lowest BCUT2D eigenvalue weighted by Gasteiger charge is -2.20. The Labute approximate surface area is 118 Å². The molecule has 0 heterocycles. The zero-order chi connectivity index (χ0) is 14.7. The number of hydrogen-bond acceptors (Lipinski definition) is 2. The van der Waals surface area contributed by atoms with Crippen LogP contribution in [0.5, 0.6) is 0 Å². The number of aliphatic carboxylic acids is 1. The summed E-state index contributed by atoms with van der Waals surface area (Å²) in [4.78, 5) is 22.9. The van der Waals surface area contributed by atoms with E-state index in [1.807, 2.05) is 12.1 Å². The van der Waals surface area contributed by atoms with Crippen molar-refractivity contribution >= 4 is 12.0 Å². The Morgan fingerprint density at radius 1 is 1.20 bits per heavy atom. The summed E-state index contributed by atoms with van der Waals surface area (Å²) in [6, 6.07) is 6.85. The van der Waals surface area contributed by atoms with Crippen LogP contribution in [0.15, 0.2) is 24.3 Å². The predicted molar refractivity (Wildman–Crippen MR) is 75.6 cm³/mol. The van der Waals surface area contributed by atoms with Crippen LogP contribution in [0.2, 0.25) is 0 Å². The Bertz CT molecular complexity index is 489. The number of carboxylic acid groups (broad SMARTS) is 1. The highest BCUT2D eigenvalue weighted by molar-refractivity contribution is 5.82. The van der Waals surface area contributed by atoms with Gasteiger partial charge in [-0.2, -0.15) is 0 Å². The normalized spacial score (nSPS) is 15.8. The summed E-state index contributed by atoms with van der Waals surface area (Å²) in [5, 5.41) is 14.4. The Morgan fingerprint density at radius 2 is 1.75 bits per heavy atom. The second-order valence-electron chi connectivity index (χ2n) is 5.55. The lowest BCUT2D eigenvalue weighted by molar-refractivity contribution is -0.140. The fourth-order valence-corrected chi connectivity index (χ4v) is 2.54. The highest BCUT2D eigenvalue weighted by Crippen LogP contribution is 2.21. The number of fused-ring (bicyclic) bond motifs is 1. The van der Waals surface area contributed by atoms with Crippen LogP contribution in [0.25, 0.3) is 0 Å². The molecule has 0 aromatic heterocycles. The zero-order valence-electron chi connectivity index (χ0n) is 11.7. The summed E-state index contributed by atoms with van der Waals surface area (Å²) in [7, 11) is 0. The first-order valence-corrected chi connectivity index (χ1v) is 6.84. The molecule has 0 saturated carbocycles. The van der Waals surface area contributed by atoms with Crippen molar-refractivity contribution in [3.63, 3.8) is 0 Å². The number of carbonyl (C=O) groups is 2. The summed E-state index contributed by atoms with van der Waals surface area (Å²) in [6.45, 7) is 3.54. The van der Waals surface area contributed by atoms with Crippen LogP contribution in [0.4, 0.5) is 4.79 Å². The Kier molecular flexibility index (Phi) is 4.27. The quantitative estimate of drug-likeness (QED) is 0.781. The molecule has 20 heavy (non-hydrogen) atoms. The molecule has 0 bridgehead atoms. The topological polar surface area (TPSA) is 78.4 Å². The zero-order valence-corrected chi connectivity index (χ0v) is 11.7. The molecule has 0 saturated heterocycles. The van der Waals surface area contributed by atoms with Gasteiger partial charge >= 0.3 is 12.0 Å². The fourth-order valence-electron chi connectivity index (χ4n) is 2.54. The molecule has 1 aliphatic rings. The van der Waals surface area contributed by atoms with Gasteiger partial charge in [-0.1, -0.05) is 38.1 Å². The number of benzene rings is 1. The molecular formula is C15H20N2O3. The van der Waals surface area contributed by atoms with Gasteiger partial charge in [0.1, 0.15) is 6.04 Å². The molecule has 108 valence electrons. The van der Waals surface area contributed by atoms with Crippen LogP contribution < -0.4 is 10.6 Å². The van der Waals surface area contributed by atoms with Gasteiger partial charge in [0, 0.05) is 6.04 Å². The molecule has 2 rings (SSSR count). The van der Waals surface area contributed by atoms with Crippen molar-refractivity contribution in [3.8, 4) is 0 Å². The monoisotopic (exact) mass is 276 g/mol.